The molecule has 6 atom stereocenters. The molecule has 12 heteroatoms. The van der Waals surface area contributed by atoms with E-state index in [1.807, 2.05) is 0 Å². The van der Waals surface area contributed by atoms with Gasteiger partial charge in [-0.1, -0.05) is 54.6 Å². The molecule has 11 rings (SSSR count). The summed E-state index contributed by atoms with van der Waals surface area (Å²) in [5.41, 5.74) is 6.91. The van der Waals surface area contributed by atoms with Crippen LogP contribution in [0.3, 0.4) is 0 Å². The summed E-state index contributed by atoms with van der Waals surface area (Å²) < 4.78 is 13.2. The summed E-state index contributed by atoms with van der Waals surface area (Å²) in [6.07, 6.45) is 2.15. The fourth-order valence-electron chi connectivity index (χ4n) is 10.6. The average Bonchev–Trinajstić information content (AvgIpc) is 3.84. The highest BCUT2D eigenvalue weighted by Crippen LogP contribution is 2.63. The van der Waals surface area contributed by atoms with E-state index in [0.717, 1.165) is 0 Å². The predicted octanol–water partition coefficient (Wildman–Crippen LogP) is 10.7. The zero-order chi connectivity index (χ0) is 47.1. The van der Waals surface area contributed by atoms with Crippen LogP contribution in [0, 0.1) is 0 Å². The summed E-state index contributed by atoms with van der Waals surface area (Å²) in [5.74, 6) is -3.17. The molecule has 12 nitrogen and oxygen atoms in total. The van der Waals surface area contributed by atoms with Gasteiger partial charge in [-0.15, -0.1) is 0 Å². The van der Waals surface area contributed by atoms with E-state index in [0.29, 0.717) is 78.3 Å². The Kier molecular flexibility index (Phi) is 9.78. The smallest absolute Gasteiger partial charge is 0.135 e. The minimum Gasteiger partial charge on any atom is -0.508 e. The standard InChI is InChI=1S/C56H42O12/c57-33-10-4-28(5-11-33)49-51(42-23-40(64)26-47-53(42)54(43-22-39(63)24-45(66)52(43)49)56(68-47)30-8-14-35(59)15-9-30)41-17-27(2-16-44(41)65)1-3-31-18-38(62)25-46-48(31)50(32-19-36(60)21-37(61)20-32)55(67-46)29-6-12-34(58)13-7-29/h1-26,49-51,54-66H/t49-,50+,51-,54+,55-,56-/m1/s1. The molecule has 68 heavy (non-hydrogen) atoms. The quantitative estimate of drug-likeness (QED) is 0.0675. The highest BCUT2D eigenvalue weighted by atomic mass is 16.5. The Balaban J connectivity index is 1.10. The molecule has 8 aromatic carbocycles. The summed E-state index contributed by atoms with van der Waals surface area (Å²) in [7, 11) is 0. The molecule has 0 radical (unpaired) electrons. The van der Waals surface area contributed by atoms with Crippen molar-refractivity contribution in [2.75, 3.05) is 0 Å². The molecule has 0 bridgehead atoms. The van der Waals surface area contributed by atoms with Crippen molar-refractivity contribution in [3.63, 3.8) is 0 Å². The van der Waals surface area contributed by atoms with Crippen LogP contribution in [0.15, 0.2) is 146 Å². The summed E-state index contributed by atoms with van der Waals surface area (Å²) >= 11 is 0. The van der Waals surface area contributed by atoms with Gasteiger partial charge in [-0.05, 0) is 123 Å². The van der Waals surface area contributed by atoms with Crippen molar-refractivity contribution < 1.29 is 60.5 Å². The van der Waals surface area contributed by atoms with Crippen LogP contribution in [-0.2, 0) is 0 Å². The van der Waals surface area contributed by atoms with Crippen LogP contribution in [0.25, 0.3) is 12.2 Å². The maximum absolute atomic E-state index is 12.1. The summed E-state index contributed by atoms with van der Waals surface area (Å²) in [6, 6.07) is 38.0. The molecule has 0 fully saturated rings. The zero-order valence-corrected chi connectivity index (χ0v) is 35.8. The monoisotopic (exact) mass is 906 g/mol. The number of benzene rings is 8. The molecule has 2 aliphatic heterocycles. The first-order chi connectivity index (χ1) is 32.8. The van der Waals surface area contributed by atoms with E-state index in [1.54, 1.807) is 97.1 Å². The Bertz CT molecular complexity index is 3310. The Hall–Kier alpha value is -8.90. The first kappa shape index (κ1) is 41.8. The third-order valence-electron chi connectivity index (χ3n) is 13.4. The fourth-order valence-corrected chi connectivity index (χ4v) is 10.6. The SMILES string of the molecule is Oc1ccc([C@H]2c3c(O)cc(O)cc3[C@H]3c4c(cc(O)cc4[C@H]2c2cc(C=Cc4cc(O)cc5c4[C@H](c4cc(O)cc(O)c4)[C@@H](c4ccc(O)cc4)O5)ccc2O)O[C@@H]3c2ccc(O)cc2)cc1. The van der Waals surface area contributed by atoms with Crippen LogP contribution < -0.4 is 9.47 Å². The predicted molar refractivity (Wildman–Crippen MR) is 251 cm³/mol. The Morgan fingerprint density at radius 3 is 1.41 bits per heavy atom. The third-order valence-corrected chi connectivity index (χ3v) is 13.4. The van der Waals surface area contributed by atoms with Crippen LogP contribution in [-0.4, -0.2) is 51.1 Å². The molecular weight excluding hydrogens is 865 g/mol. The Morgan fingerprint density at radius 2 is 0.809 bits per heavy atom. The Morgan fingerprint density at radius 1 is 0.309 bits per heavy atom. The molecule has 2 heterocycles. The van der Waals surface area contributed by atoms with Gasteiger partial charge in [0.1, 0.15) is 81.2 Å². The summed E-state index contributed by atoms with van der Waals surface area (Å²) in [6.45, 7) is 0. The number of rotatable bonds is 7. The second kappa shape index (κ2) is 15.9. The number of hydrogen-bond acceptors (Lipinski definition) is 12. The molecule has 0 unspecified atom stereocenters. The molecule has 8 aromatic rings. The molecule has 3 aliphatic rings. The van der Waals surface area contributed by atoms with Gasteiger partial charge in [0.25, 0.3) is 0 Å². The topological polar surface area (TPSA) is 221 Å². The molecule has 0 spiro atoms. The van der Waals surface area contributed by atoms with Crippen molar-refractivity contribution in [1.82, 2.24) is 0 Å². The second-order valence-corrected chi connectivity index (χ2v) is 17.6. The van der Waals surface area contributed by atoms with Crippen molar-refractivity contribution >= 4 is 12.2 Å². The van der Waals surface area contributed by atoms with Gasteiger partial charge in [0.15, 0.2) is 0 Å². The van der Waals surface area contributed by atoms with E-state index in [1.165, 1.54) is 60.7 Å². The maximum atomic E-state index is 12.1. The van der Waals surface area contributed by atoms with Gasteiger partial charge in [-0.25, -0.2) is 0 Å². The van der Waals surface area contributed by atoms with E-state index in [9.17, 15) is 51.1 Å². The number of aromatic hydroxyl groups is 10. The lowest BCUT2D eigenvalue weighted by Crippen LogP contribution is -2.16. The van der Waals surface area contributed by atoms with Gasteiger partial charge in [0, 0.05) is 58.4 Å². The molecule has 1 aliphatic carbocycles. The molecule has 0 amide bonds. The van der Waals surface area contributed by atoms with Gasteiger partial charge in [0.05, 0.1) is 11.8 Å². The second-order valence-electron chi connectivity index (χ2n) is 17.6. The lowest BCUT2D eigenvalue weighted by Gasteiger charge is -2.31. The summed E-state index contributed by atoms with van der Waals surface area (Å²) in [5, 5.41) is 110. The van der Waals surface area contributed by atoms with Crippen molar-refractivity contribution in [3.8, 4) is 69.0 Å². The van der Waals surface area contributed by atoms with Gasteiger partial charge >= 0.3 is 0 Å². The molecule has 0 saturated heterocycles. The first-order valence-electron chi connectivity index (χ1n) is 21.8. The molecule has 10 N–H and O–H groups in total. The van der Waals surface area contributed by atoms with E-state index < -0.39 is 35.9 Å². The molecular formula is C56H42O12. The normalized spacial score (nSPS) is 19.9. The van der Waals surface area contributed by atoms with E-state index in [2.05, 4.69) is 0 Å². The fraction of sp³-hybridized carbons (Fsp3) is 0.107. The van der Waals surface area contributed by atoms with Crippen LogP contribution in [0.2, 0.25) is 0 Å². The molecule has 0 aromatic heterocycles. The lowest BCUT2D eigenvalue weighted by molar-refractivity contribution is 0.221. The lowest BCUT2D eigenvalue weighted by atomic mass is 9.72. The van der Waals surface area contributed by atoms with Crippen molar-refractivity contribution in [3.05, 3.63) is 212 Å². The number of ether oxygens (including phenoxy) is 2. The van der Waals surface area contributed by atoms with Crippen LogP contribution in [0.5, 0.6) is 69.0 Å². The van der Waals surface area contributed by atoms with Crippen LogP contribution in [0.4, 0.5) is 0 Å². The molecule has 0 saturated carbocycles. The minimum atomic E-state index is -0.859. The van der Waals surface area contributed by atoms with Crippen LogP contribution in [0.1, 0.15) is 103 Å². The van der Waals surface area contributed by atoms with Crippen molar-refractivity contribution in [1.29, 1.82) is 0 Å². The van der Waals surface area contributed by atoms with E-state index in [-0.39, 0.29) is 57.5 Å². The van der Waals surface area contributed by atoms with Gasteiger partial charge in [-0.2, -0.15) is 0 Å². The summed E-state index contributed by atoms with van der Waals surface area (Å²) in [4.78, 5) is 0. The van der Waals surface area contributed by atoms with Crippen molar-refractivity contribution in [2.45, 2.75) is 35.9 Å². The highest BCUT2D eigenvalue weighted by molar-refractivity contribution is 5.77. The number of phenols is 10. The van der Waals surface area contributed by atoms with Crippen LogP contribution >= 0.6 is 0 Å². The molecule has 338 valence electrons. The number of fused-ring (bicyclic) bond motifs is 3. The van der Waals surface area contributed by atoms with Gasteiger partial charge in [0.2, 0.25) is 0 Å². The third kappa shape index (κ3) is 7.10. The van der Waals surface area contributed by atoms with Gasteiger partial charge in [-0.3, -0.25) is 0 Å². The number of hydrogen-bond donors (Lipinski definition) is 10. The number of phenolic OH excluding ortho intramolecular Hbond substituents is 10. The highest BCUT2D eigenvalue weighted by Gasteiger charge is 2.48. The van der Waals surface area contributed by atoms with Crippen molar-refractivity contribution in [2.24, 2.45) is 0 Å². The minimum absolute atomic E-state index is 0.00509. The van der Waals surface area contributed by atoms with E-state index in [4.69, 9.17) is 9.47 Å². The first-order valence-corrected chi connectivity index (χ1v) is 21.8. The largest absolute Gasteiger partial charge is 0.508 e. The zero-order valence-electron chi connectivity index (χ0n) is 35.8. The maximum Gasteiger partial charge on any atom is 0.135 e. The van der Waals surface area contributed by atoms with E-state index >= 15 is 0 Å². The van der Waals surface area contributed by atoms with Gasteiger partial charge < -0.3 is 60.5 Å². The average molecular weight is 907 g/mol. The Labute approximate surface area is 388 Å².